The molecule has 3 heteroatoms. The Labute approximate surface area is 124 Å². The van der Waals surface area contributed by atoms with E-state index in [-0.39, 0.29) is 5.82 Å². The van der Waals surface area contributed by atoms with Gasteiger partial charge in [0.1, 0.15) is 5.82 Å². The zero-order valence-corrected chi connectivity index (χ0v) is 12.5. The predicted molar refractivity (Wildman–Crippen MR) is 83.9 cm³/mol. The molecular weight excluding hydrogens is 273 g/mol. The molecule has 0 heterocycles. The average Bonchev–Trinajstić information content (AvgIpc) is 2.48. The molecule has 0 aliphatic rings. The Morgan fingerprint density at radius 3 is 2.50 bits per heavy atom. The van der Waals surface area contributed by atoms with Crippen molar-refractivity contribution in [3.05, 3.63) is 64.4 Å². The third kappa shape index (κ3) is 3.73. The van der Waals surface area contributed by atoms with Gasteiger partial charge in [0.2, 0.25) is 0 Å². The lowest BCUT2D eigenvalue weighted by atomic mass is 9.99. The first-order valence-electron chi connectivity index (χ1n) is 6.88. The van der Waals surface area contributed by atoms with Crippen LogP contribution in [-0.2, 0) is 6.54 Å². The maximum Gasteiger partial charge on any atom is 0.128 e. The predicted octanol–water partition coefficient (Wildman–Crippen LogP) is 5.60. The zero-order chi connectivity index (χ0) is 14.5. The molecule has 1 atom stereocenters. The highest BCUT2D eigenvalue weighted by Gasteiger charge is 2.04. The van der Waals surface area contributed by atoms with Gasteiger partial charge in [-0.25, -0.2) is 4.39 Å². The van der Waals surface area contributed by atoms with Crippen molar-refractivity contribution in [3.63, 3.8) is 0 Å². The summed E-state index contributed by atoms with van der Waals surface area (Å²) in [5, 5.41) is 3.77. The Kier molecular flexibility index (Phi) is 5.02. The first kappa shape index (κ1) is 14.9. The maximum absolute atomic E-state index is 13.6. The number of hydrogen-bond acceptors (Lipinski definition) is 1. The van der Waals surface area contributed by atoms with Gasteiger partial charge in [-0.15, -0.1) is 0 Å². The van der Waals surface area contributed by atoms with Gasteiger partial charge in [0.15, 0.2) is 0 Å². The van der Waals surface area contributed by atoms with E-state index in [0.29, 0.717) is 23.0 Å². The van der Waals surface area contributed by atoms with Gasteiger partial charge >= 0.3 is 0 Å². The lowest BCUT2D eigenvalue weighted by molar-refractivity contribution is 0.613. The Bertz CT molecular complexity index is 566. The lowest BCUT2D eigenvalue weighted by Crippen LogP contribution is -2.02. The second kappa shape index (κ2) is 6.76. The molecule has 0 aliphatic carbocycles. The summed E-state index contributed by atoms with van der Waals surface area (Å²) in [5.74, 6) is 0.326. The van der Waals surface area contributed by atoms with E-state index >= 15 is 0 Å². The van der Waals surface area contributed by atoms with Crippen molar-refractivity contribution in [2.24, 2.45) is 0 Å². The van der Waals surface area contributed by atoms with Gasteiger partial charge in [-0.3, -0.25) is 0 Å². The van der Waals surface area contributed by atoms with E-state index in [1.165, 1.54) is 11.6 Å². The first-order valence-corrected chi connectivity index (χ1v) is 7.25. The van der Waals surface area contributed by atoms with E-state index in [4.69, 9.17) is 11.6 Å². The van der Waals surface area contributed by atoms with Crippen LogP contribution in [-0.4, -0.2) is 0 Å². The summed E-state index contributed by atoms with van der Waals surface area (Å²) in [5.41, 5.74) is 2.88. The standard InChI is InChI=1S/C17H19ClFN/c1-3-12(2)13-4-7-16(8-5-13)20-11-14-10-15(18)6-9-17(14)19/h4-10,12,20H,3,11H2,1-2H3. The van der Waals surface area contributed by atoms with Crippen LogP contribution in [0.4, 0.5) is 10.1 Å². The van der Waals surface area contributed by atoms with E-state index in [1.54, 1.807) is 12.1 Å². The SMILES string of the molecule is CCC(C)c1ccc(NCc2cc(Cl)ccc2F)cc1. The molecule has 2 aromatic carbocycles. The molecule has 1 N–H and O–H groups in total. The van der Waals surface area contributed by atoms with Gasteiger partial charge in [-0.05, 0) is 48.2 Å². The summed E-state index contributed by atoms with van der Waals surface area (Å²) in [6.45, 7) is 4.82. The smallest absolute Gasteiger partial charge is 0.128 e. The summed E-state index contributed by atoms with van der Waals surface area (Å²) in [6, 6.07) is 12.9. The lowest BCUT2D eigenvalue weighted by Gasteiger charge is -2.11. The Morgan fingerprint density at radius 1 is 1.15 bits per heavy atom. The Hall–Kier alpha value is -1.54. The molecule has 106 valence electrons. The fourth-order valence-electron chi connectivity index (χ4n) is 2.04. The molecule has 2 aromatic rings. The van der Waals surface area contributed by atoms with E-state index in [2.05, 4.69) is 31.3 Å². The number of rotatable bonds is 5. The van der Waals surface area contributed by atoms with Crippen molar-refractivity contribution < 1.29 is 4.39 Å². The molecule has 0 amide bonds. The monoisotopic (exact) mass is 291 g/mol. The van der Waals surface area contributed by atoms with Crippen LogP contribution in [0.3, 0.4) is 0 Å². The third-order valence-electron chi connectivity index (χ3n) is 3.58. The molecule has 0 saturated heterocycles. The molecule has 0 saturated carbocycles. The molecule has 1 unspecified atom stereocenters. The Balaban J connectivity index is 2.02. The maximum atomic E-state index is 13.6. The molecule has 20 heavy (non-hydrogen) atoms. The summed E-state index contributed by atoms with van der Waals surface area (Å²) in [6.07, 6.45) is 1.13. The fourth-order valence-corrected chi connectivity index (χ4v) is 2.24. The minimum Gasteiger partial charge on any atom is -0.381 e. The van der Waals surface area contributed by atoms with Crippen LogP contribution in [0.25, 0.3) is 0 Å². The summed E-state index contributed by atoms with van der Waals surface area (Å²) in [4.78, 5) is 0. The number of benzene rings is 2. The van der Waals surface area contributed by atoms with Crippen LogP contribution in [0.2, 0.25) is 5.02 Å². The summed E-state index contributed by atoms with van der Waals surface area (Å²) < 4.78 is 13.6. The van der Waals surface area contributed by atoms with Crippen molar-refractivity contribution in [3.8, 4) is 0 Å². The topological polar surface area (TPSA) is 12.0 Å². The van der Waals surface area contributed by atoms with Gasteiger partial charge in [-0.1, -0.05) is 37.6 Å². The molecule has 2 rings (SSSR count). The van der Waals surface area contributed by atoms with Gasteiger partial charge in [0.25, 0.3) is 0 Å². The van der Waals surface area contributed by atoms with Crippen molar-refractivity contribution in [1.29, 1.82) is 0 Å². The quantitative estimate of drug-likeness (QED) is 0.755. The molecule has 1 nitrogen and oxygen atoms in total. The summed E-state index contributed by atoms with van der Waals surface area (Å²) >= 11 is 5.88. The number of hydrogen-bond donors (Lipinski definition) is 1. The van der Waals surface area contributed by atoms with Crippen molar-refractivity contribution in [2.75, 3.05) is 5.32 Å². The van der Waals surface area contributed by atoms with Crippen molar-refractivity contribution in [1.82, 2.24) is 0 Å². The number of anilines is 1. The van der Waals surface area contributed by atoms with Gasteiger partial charge < -0.3 is 5.32 Å². The highest BCUT2D eigenvalue weighted by Crippen LogP contribution is 2.21. The molecule has 0 aromatic heterocycles. The highest BCUT2D eigenvalue weighted by molar-refractivity contribution is 6.30. The Morgan fingerprint density at radius 2 is 1.85 bits per heavy atom. The highest BCUT2D eigenvalue weighted by atomic mass is 35.5. The molecule has 0 spiro atoms. The fraction of sp³-hybridized carbons (Fsp3) is 0.294. The van der Waals surface area contributed by atoms with Crippen LogP contribution in [0.1, 0.15) is 37.3 Å². The molecule has 0 aliphatic heterocycles. The third-order valence-corrected chi connectivity index (χ3v) is 3.82. The van der Waals surface area contributed by atoms with Gasteiger partial charge in [-0.2, -0.15) is 0 Å². The largest absolute Gasteiger partial charge is 0.381 e. The molecule has 0 radical (unpaired) electrons. The number of nitrogens with one attached hydrogen (secondary N) is 1. The zero-order valence-electron chi connectivity index (χ0n) is 11.8. The van der Waals surface area contributed by atoms with Crippen LogP contribution >= 0.6 is 11.6 Å². The minimum atomic E-state index is -0.238. The molecular formula is C17H19ClFN. The number of halogens is 2. The first-order chi connectivity index (χ1) is 9.60. The minimum absolute atomic E-state index is 0.238. The van der Waals surface area contributed by atoms with Crippen molar-refractivity contribution >= 4 is 17.3 Å². The average molecular weight is 292 g/mol. The van der Waals surface area contributed by atoms with Crippen LogP contribution in [0.5, 0.6) is 0 Å². The van der Waals surface area contributed by atoms with E-state index < -0.39 is 0 Å². The molecule has 0 fully saturated rings. The van der Waals surface area contributed by atoms with Gasteiger partial charge in [0, 0.05) is 22.8 Å². The van der Waals surface area contributed by atoms with E-state index in [0.717, 1.165) is 12.1 Å². The van der Waals surface area contributed by atoms with Gasteiger partial charge in [0.05, 0.1) is 0 Å². The normalized spacial score (nSPS) is 12.2. The van der Waals surface area contributed by atoms with E-state index in [9.17, 15) is 4.39 Å². The second-order valence-electron chi connectivity index (χ2n) is 5.02. The molecule has 0 bridgehead atoms. The summed E-state index contributed by atoms with van der Waals surface area (Å²) in [7, 11) is 0. The van der Waals surface area contributed by atoms with Crippen LogP contribution in [0.15, 0.2) is 42.5 Å². The van der Waals surface area contributed by atoms with E-state index in [1.807, 2.05) is 12.1 Å². The van der Waals surface area contributed by atoms with Crippen LogP contribution in [0, 0.1) is 5.82 Å². The second-order valence-corrected chi connectivity index (χ2v) is 5.46. The van der Waals surface area contributed by atoms with Crippen LogP contribution < -0.4 is 5.32 Å². The van der Waals surface area contributed by atoms with Crippen molar-refractivity contribution in [2.45, 2.75) is 32.7 Å².